The van der Waals surface area contributed by atoms with Crippen LogP contribution in [0.25, 0.3) is 0 Å². The van der Waals surface area contributed by atoms with Gasteiger partial charge in [0.05, 0.1) is 23.2 Å². The second-order valence-electron chi connectivity index (χ2n) is 8.54. The summed E-state index contributed by atoms with van der Waals surface area (Å²) >= 11 is 0. The largest absolute Gasteiger partial charge is 0.494 e. The van der Waals surface area contributed by atoms with E-state index in [1.165, 1.54) is 4.31 Å². The monoisotopic (exact) mass is 457 g/mol. The number of sulfonamides is 1. The Morgan fingerprint density at radius 1 is 1.06 bits per heavy atom. The van der Waals surface area contributed by atoms with Crippen molar-refractivity contribution in [2.75, 3.05) is 19.7 Å². The zero-order valence-electron chi connectivity index (χ0n) is 18.4. The third kappa shape index (κ3) is 4.98. The Morgan fingerprint density at radius 2 is 1.75 bits per heavy atom. The van der Waals surface area contributed by atoms with Gasteiger partial charge in [0.15, 0.2) is 0 Å². The maximum absolute atomic E-state index is 13.1. The van der Waals surface area contributed by atoms with Gasteiger partial charge in [-0.1, -0.05) is 43.7 Å². The van der Waals surface area contributed by atoms with Gasteiger partial charge < -0.3 is 10.1 Å². The van der Waals surface area contributed by atoms with E-state index < -0.39 is 15.7 Å². The molecule has 0 bridgehead atoms. The molecule has 2 fully saturated rings. The maximum Gasteiger partial charge on any atom is 0.243 e. The van der Waals surface area contributed by atoms with Crippen LogP contribution < -0.4 is 15.4 Å². The number of nitrogens with one attached hydrogen (secondary N) is 2. The summed E-state index contributed by atoms with van der Waals surface area (Å²) in [5, 5.41) is 6.54. The lowest BCUT2D eigenvalue weighted by Crippen LogP contribution is -2.58. The lowest BCUT2D eigenvalue weighted by atomic mass is 9.99. The van der Waals surface area contributed by atoms with Gasteiger partial charge >= 0.3 is 0 Å². The summed E-state index contributed by atoms with van der Waals surface area (Å²) in [7, 11) is -3.59. The summed E-state index contributed by atoms with van der Waals surface area (Å²) in [6, 6.07) is 16.2. The van der Waals surface area contributed by atoms with Crippen LogP contribution in [-0.2, 0) is 21.2 Å². The van der Waals surface area contributed by atoms with E-state index in [1.807, 2.05) is 30.3 Å². The van der Waals surface area contributed by atoms with Crippen molar-refractivity contribution in [2.24, 2.45) is 0 Å². The molecule has 2 heterocycles. The Kier molecular flexibility index (Phi) is 6.83. The van der Waals surface area contributed by atoms with Gasteiger partial charge in [-0.25, -0.2) is 8.42 Å². The Labute approximate surface area is 190 Å². The van der Waals surface area contributed by atoms with Crippen molar-refractivity contribution in [3.63, 3.8) is 0 Å². The topological polar surface area (TPSA) is 87.7 Å². The number of piperidine rings is 1. The Hall–Kier alpha value is -2.42. The second-order valence-corrected chi connectivity index (χ2v) is 10.5. The highest BCUT2D eigenvalue weighted by Gasteiger charge is 2.46. The number of hydrogen-bond acceptors (Lipinski definition) is 5. The predicted octanol–water partition coefficient (Wildman–Crippen LogP) is 2.68. The van der Waals surface area contributed by atoms with Gasteiger partial charge in [-0.3, -0.25) is 10.1 Å². The first-order chi connectivity index (χ1) is 15.4. The summed E-state index contributed by atoms with van der Waals surface area (Å²) in [6.45, 7) is 3.42. The molecule has 172 valence electrons. The highest BCUT2D eigenvalue weighted by atomic mass is 32.2. The zero-order valence-corrected chi connectivity index (χ0v) is 19.2. The standard InChI is InChI=1S/C24H31N3O4S/c1-2-3-17-31-20-9-11-21(12-10-20)32(29,30)27-15-13-24(14-16-27)25-22(23(28)26-24)18-19-7-5-4-6-8-19/h4-12,22,25H,2-3,13-18H2,1H3,(H,26,28). The molecule has 1 unspecified atom stereocenters. The molecule has 32 heavy (non-hydrogen) atoms. The zero-order chi connectivity index (χ0) is 22.6. The number of ether oxygens (including phenoxy) is 1. The van der Waals surface area contributed by atoms with Gasteiger partial charge in [0, 0.05) is 13.1 Å². The van der Waals surface area contributed by atoms with Gasteiger partial charge in [0.1, 0.15) is 5.75 Å². The maximum atomic E-state index is 13.1. The van der Waals surface area contributed by atoms with Gasteiger partial charge in [-0.2, -0.15) is 4.31 Å². The molecule has 0 radical (unpaired) electrons. The summed E-state index contributed by atoms with van der Waals surface area (Å²) in [4.78, 5) is 12.8. The molecule has 2 aliphatic rings. The van der Waals surface area contributed by atoms with E-state index in [1.54, 1.807) is 24.3 Å². The molecule has 2 aromatic rings. The van der Waals surface area contributed by atoms with Crippen LogP contribution in [0.1, 0.15) is 38.2 Å². The molecular formula is C24H31N3O4S. The third-order valence-corrected chi connectivity index (χ3v) is 8.13. The SMILES string of the molecule is CCCCOc1ccc(S(=O)(=O)N2CCC3(CC2)NC(=O)C(Cc2ccccc2)N3)cc1. The van der Waals surface area contributed by atoms with Crippen LogP contribution in [0.5, 0.6) is 5.75 Å². The number of benzene rings is 2. The van der Waals surface area contributed by atoms with E-state index in [9.17, 15) is 13.2 Å². The van der Waals surface area contributed by atoms with E-state index in [2.05, 4.69) is 17.6 Å². The van der Waals surface area contributed by atoms with Crippen molar-refractivity contribution in [2.45, 2.75) is 55.6 Å². The van der Waals surface area contributed by atoms with E-state index in [-0.39, 0.29) is 16.8 Å². The van der Waals surface area contributed by atoms with Crippen LogP contribution in [0, 0.1) is 0 Å². The second kappa shape index (κ2) is 9.60. The third-order valence-electron chi connectivity index (χ3n) is 6.22. The van der Waals surface area contributed by atoms with Gasteiger partial charge in [-0.15, -0.1) is 0 Å². The first-order valence-corrected chi connectivity index (χ1v) is 12.7. The lowest BCUT2D eigenvalue weighted by Gasteiger charge is -2.38. The number of carbonyl (C=O) groups excluding carboxylic acids is 1. The molecule has 1 atom stereocenters. The average molecular weight is 458 g/mol. The molecular weight excluding hydrogens is 426 g/mol. The van der Waals surface area contributed by atoms with Crippen molar-refractivity contribution in [1.29, 1.82) is 0 Å². The van der Waals surface area contributed by atoms with Gasteiger partial charge in [-0.05, 0) is 55.5 Å². The fraction of sp³-hybridized carbons (Fsp3) is 0.458. The molecule has 7 nitrogen and oxygen atoms in total. The molecule has 2 saturated heterocycles. The smallest absolute Gasteiger partial charge is 0.243 e. The Bertz CT molecular complexity index is 1020. The number of carbonyl (C=O) groups is 1. The summed E-state index contributed by atoms with van der Waals surface area (Å²) in [6.07, 6.45) is 3.68. The number of amides is 1. The van der Waals surface area contributed by atoms with Crippen LogP contribution in [0.2, 0.25) is 0 Å². The quantitative estimate of drug-likeness (QED) is 0.595. The van der Waals surface area contributed by atoms with Crippen LogP contribution in [0.15, 0.2) is 59.5 Å². The molecule has 1 spiro atoms. The van der Waals surface area contributed by atoms with E-state index in [0.29, 0.717) is 44.7 Å². The molecule has 1 amide bonds. The molecule has 2 aromatic carbocycles. The molecule has 4 rings (SSSR count). The van der Waals surface area contributed by atoms with E-state index in [4.69, 9.17) is 4.74 Å². The highest BCUT2D eigenvalue weighted by Crippen LogP contribution is 2.29. The minimum atomic E-state index is -3.59. The Balaban J connectivity index is 1.36. The van der Waals surface area contributed by atoms with Crippen molar-refractivity contribution >= 4 is 15.9 Å². The first kappa shape index (κ1) is 22.8. The molecule has 0 saturated carbocycles. The van der Waals surface area contributed by atoms with Crippen LogP contribution in [0.4, 0.5) is 0 Å². The Morgan fingerprint density at radius 3 is 2.41 bits per heavy atom. The first-order valence-electron chi connectivity index (χ1n) is 11.3. The van der Waals surface area contributed by atoms with Crippen molar-refractivity contribution < 1.29 is 17.9 Å². The number of nitrogens with zero attached hydrogens (tertiary/aromatic N) is 1. The molecule has 8 heteroatoms. The lowest BCUT2D eigenvalue weighted by molar-refractivity contribution is -0.121. The molecule has 0 aromatic heterocycles. The number of hydrogen-bond donors (Lipinski definition) is 2. The number of unbranched alkanes of at least 4 members (excludes halogenated alkanes) is 1. The van der Waals surface area contributed by atoms with Crippen molar-refractivity contribution in [3.05, 3.63) is 60.2 Å². The number of rotatable bonds is 8. The molecule has 2 aliphatic heterocycles. The fourth-order valence-electron chi connectivity index (χ4n) is 4.32. The van der Waals surface area contributed by atoms with Crippen molar-refractivity contribution in [1.82, 2.24) is 14.9 Å². The van der Waals surface area contributed by atoms with E-state index >= 15 is 0 Å². The molecule has 2 N–H and O–H groups in total. The highest BCUT2D eigenvalue weighted by molar-refractivity contribution is 7.89. The minimum Gasteiger partial charge on any atom is -0.494 e. The van der Waals surface area contributed by atoms with Gasteiger partial charge in [0.25, 0.3) is 0 Å². The van der Waals surface area contributed by atoms with Gasteiger partial charge in [0.2, 0.25) is 15.9 Å². The summed E-state index contributed by atoms with van der Waals surface area (Å²) in [5.74, 6) is 0.654. The average Bonchev–Trinajstić information content (AvgIpc) is 3.09. The van der Waals surface area contributed by atoms with E-state index in [0.717, 1.165) is 18.4 Å². The summed E-state index contributed by atoms with van der Waals surface area (Å²) < 4.78 is 33.4. The van der Waals surface area contributed by atoms with Crippen LogP contribution in [0.3, 0.4) is 0 Å². The fourth-order valence-corrected chi connectivity index (χ4v) is 5.76. The minimum absolute atomic E-state index is 0.0242. The molecule has 0 aliphatic carbocycles. The predicted molar refractivity (Wildman–Crippen MR) is 123 cm³/mol. The normalized spacial score (nSPS) is 20.9. The van der Waals surface area contributed by atoms with Crippen molar-refractivity contribution in [3.8, 4) is 5.75 Å². The van der Waals surface area contributed by atoms with Crippen LogP contribution >= 0.6 is 0 Å². The summed E-state index contributed by atoms with van der Waals surface area (Å²) in [5.41, 5.74) is 0.554. The van der Waals surface area contributed by atoms with Crippen LogP contribution in [-0.4, -0.2) is 50.0 Å².